The van der Waals surface area contributed by atoms with Gasteiger partial charge in [0.2, 0.25) is 0 Å². The number of unbranched alkanes of at least 4 members (excludes halogenated alkanes) is 1. The van der Waals surface area contributed by atoms with E-state index in [2.05, 4.69) is 25.0 Å². The number of aliphatic hydroxyl groups is 2. The van der Waals surface area contributed by atoms with Gasteiger partial charge in [-0.3, -0.25) is 4.57 Å². The van der Waals surface area contributed by atoms with Gasteiger partial charge in [0, 0.05) is 25.0 Å². The second-order valence-corrected chi connectivity index (χ2v) is 10.1. The van der Waals surface area contributed by atoms with Crippen LogP contribution in [0.3, 0.4) is 0 Å². The number of aryl methyl sites for hydroxylation is 1. The third kappa shape index (κ3) is 4.04. The summed E-state index contributed by atoms with van der Waals surface area (Å²) in [7, 11) is 1.98. The van der Waals surface area contributed by atoms with Crippen molar-refractivity contribution in [2.75, 3.05) is 45.7 Å². The van der Waals surface area contributed by atoms with Crippen LogP contribution in [0, 0.1) is 5.41 Å². The molecule has 3 heterocycles. The molecule has 12 heteroatoms. The molecule has 2 aliphatic rings. The normalized spacial score (nSPS) is 28.9. The van der Waals surface area contributed by atoms with Crippen LogP contribution in [0.15, 0.2) is 11.5 Å². The Morgan fingerprint density at radius 1 is 1.25 bits per heavy atom. The number of oxime groups is 1. The van der Waals surface area contributed by atoms with Gasteiger partial charge in [-0.15, -0.1) is 0 Å². The first-order valence-corrected chi connectivity index (χ1v) is 12.6. The highest BCUT2D eigenvalue weighted by atomic mass is 16.6. The first kappa shape index (κ1) is 26.7. The lowest BCUT2D eigenvalue weighted by Crippen LogP contribution is -2.42. The molecular formula is C24H39N7O5. The zero-order valence-corrected chi connectivity index (χ0v) is 21.8. The minimum atomic E-state index is -1.50. The number of hydrogen-bond donors (Lipinski definition) is 3. The highest BCUT2D eigenvalue weighted by Gasteiger charge is 2.92. The van der Waals surface area contributed by atoms with Crippen LogP contribution in [0.2, 0.25) is 0 Å². The number of nitrogens with two attached hydrogens (primary N) is 1. The number of fused-ring (bicyclic) bond motifs is 2. The summed E-state index contributed by atoms with van der Waals surface area (Å²) >= 11 is 0. The Morgan fingerprint density at radius 2 is 2.03 bits per heavy atom. The highest BCUT2D eigenvalue weighted by Crippen LogP contribution is 2.75. The van der Waals surface area contributed by atoms with E-state index < -0.39 is 28.9 Å². The van der Waals surface area contributed by atoms with E-state index in [9.17, 15) is 10.2 Å². The van der Waals surface area contributed by atoms with Crippen LogP contribution in [0.1, 0.15) is 52.6 Å². The number of nitrogen functional groups attached to an aromatic ring is 1. The lowest BCUT2D eigenvalue weighted by molar-refractivity contribution is -0.117. The van der Waals surface area contributed by atoms with Crippen LogP contribution in [0.5, 0.6) is 0 Å². The van der Waals surface area contributed by atoms with Crippen LogP contribution in [0.4, 0.5) is 5.82 Å². The van der Waals surface area contributed by atoms with Gasteiger partial charge in [0.05, 0.1) is 12.8 Å². The van der Waals surface area contributed by atoms with Gasteiger partial charge in [0.15, 0.2) is 23.2 Å². The summed E-state index contributed by atoms with van der Waals surface area (Å²) in [6.07, 6.45) is 3.83. The van der Waals surface area contributed by atoms with E-state index in [1.54, 1.807) is 10.8 Å². The predicted molar refractivity (Wildman–Crippen MR) is 134 cm³/mol. The summed E-state index contributed by atoms with van der Waals surface area (Å²) in [4.78, 5) is 20.4. The molecular weight excluding hydrogens is 466 g/mol. The van der Waals surface area contributed by atoms with Crippen molar-refractivity contribution in [3.05, 3.63) is 12.2 Å². The number of imidazole rings is 1. The van der Waals surface area contributed by atoms with Gasteiger partial charge < -0.3 is 35.2 Å². The van der Waals surface area contributed by atoms with Crippen LogP contribution in [0.25, 0.3) is 11.2 Å². The molecule has 0 spiro atoms. The number of nitrogens with zero attached hydrogens (tertiary/aromatic N) is 6. The standard InChI is InChI=1S/C24H39N7O5/c1-6-17-29-18-19(25)26-15-27-20(18)31(17)21-24(33)22(3,4)23(24,32)16(36-21)14-30(5)11-8-9-12-35-28-10-13-34-7-2/h10,15-16,21,32-33H,6-9,11-14H2,1-5H3,(H2,25,26,27)/t16-,21-,23+,24-/m1/s1. The molecule has 0 bridgehead atoms. The van der Waals surface area contributed by atoms with Crippen LogP contribution in [-0.4, -0.2) is 98.1 Å². The molecule has 1 saturated heterocycles. The van der Waals surface area contributed by atoms with E-state index in [-0.39, 0.29) is 5.82 Å². The smallest absolute Gasteiger partial charge is 0.169 e. The molecule has 0 unspecified atom stereocenters. The molecule has 0 amide bonds. The molecule has 1 aliphatic heterocycles. The summed E-state index contributed by atoms with van der Waals surface area (Å²) in [5, 5.41) is 27.4. The summed E-state index contributed by atoms with van der Waals surface area (Å²) in [6, 6.07) is 0. The van der Waals surface area contributed by atoms with Crippen molar-refractivity contribution in [2.45, 2.75) is 70.5 Å². The van der Waals surface area contributed by atoms with Gasteiger partial charge in [-0.1, -0.05) is 25.9 Å². The molecule has 4 rings (SSSR count). The zero-order chi connectivity index (χ0) is 26.1. The highest BCUT2D eigenvalue weighted by molar-refractivity contribution is 5.82. The van der Waals surface area contributed by atoms with E-state index in [1.807, 2.05) is 34.7 Å². The Balaban J connectivity index is 1.42. The Morgan fingerprint density at radius 3 is 2.75 bits per heavy atom. The molecule has 12 nitrogen and oxygen atoms in total. The summed E-state index contributed by atoms with van der Waals surface area (Å²) in [5.41, 5.74) is 3.28. The van der Waals surface area contributed by atoms with Crippen molar-refractivity contribution < 1.29 is 24.5 Å². The fourth-order valence-corrected chi connectivity index (χ4v) is 5.51. The molecule has 4 atom stereocenters. The largest absolute Gasteiger partial charge is 0.396 e. The maximum Gasteiger partial charge on any atom is 0.169 e. The van der Waals surface area contributed by atoms with Crippen molar-refractivity contribution in [1.29, 1.82) is 0 Å². The van der Waals surface area contributed by atoms with Gasteiger partial charge in [0.1, 0.15) is 36.1 Å². The number of hydrogen-bond acceptors (Lipinski definition) is 11. The van der Waals surface area contributed by atoms with Crippen molar-refractivity contribution in [1.82, 2.24) is 24.4 Å². The molecule has 1 saturated carbocycles. The number of likely N-dealkylation sites (N-methyl/N-ethyl adjacent to an activating group) is 1. The third-order valence-electron chi connectivity index (χ3n) is 7.72. The van der Waals surface area contributed by atoms with Crippen molar-refractivity contribution in [3.63, 3.8) is 0 Å². The van der Waals surface area contributed by atoms with E-state index in [4.69, 9.17) is 20.0 Å². The Kier molecular flexibility index (Phi) is 7.54. The van der Waals surface area contributed by atoms with Gasteiger partial charge in [-0.25, -0.2) is 15.0 Å². The van der Waals surface area contributed by atoms with Crippen molar-refractivity contribution in [2.24, 2.45) is 10.6 Å². The fourth-order valence-electron chi connectivity index (χ4n) is 5.51. The molecule has 36 heavy (non-hydrogen) atoms. The lowest BCUT2D eigenvalue weighted by Gasteiger charge is -2.30. The molecule has 2 aromatic heterocycles. The predicted octanol–water partition coefficient (Wildman–Crippen LogP) is 1.12. The molecule has 2 fully saturated rings. The quantitative estimate of drug-likeness (QED) is 0.205. The fraction of sp³-hybridized carbons (Fsp3) is 0.750. The second-order valence-electron chi connectivity index (χ2n) is 10.1. The van der Waals surface area contributed by atoms with Crippen LogP contribution >= 0.6 is 0 Å². The minimum absolute atomic E-state index is 0.268. The minimum Gasteiger partial charge on any atom is -0.396 e. The summed E-state index contributed by atoms with van der Waals surface area (Å²) in [5.74, 6) is 0.933. The van der Waals surface area contributed by atoms with Gasteiger partial charge in [-0.2, -0.15) is 0 Å². The first-order valence-electron chi connectivity index (χ1n) is 12.6. The molecule has 0 aromatic carbocycles. The summed E-state index contributed by atoms with van der Waals surface area (Å²) < 4.78 is 13.3. The number of rotatable bonds is 13. The van der Waals surface area contributed by atoms with E-state index in [1.165, 1.54) is 6.33 Å². The topological polar surface area (TPSA) is 153 Å². The van der Waals surface area contributed by atoms with Gasteiger partial charge >= 0.3 is 0 Å². The molecule has 1 aliphatic carbocycles. The van der Waals surface area contributed by atoms with Gasteiger partial charge in [0.25, 0.3) is 0 Å². The van der Waals surface area contributed by atoms with E-state index in [0.29, 0.717) is 49.8 Å². The monoisotopic (exact) mass is 505 g/mol. The Labute approximate surface area is 211 Å². The van der Waals surface area contributed by atoms with Crippen molar-refractivity contribution >= 4 is 23.2 Å². The van der Waals surface area contributed by atoms with E-state index in [0.717, 1.165) is 19.4 Å². The molecule has 4 N–H and O–H groups in total. The molecule has 200 valence electrons. The van der Waals surface area contributed by atoms with Gasteiger partial charge in [-0.05, 0) is 33.4 Å². The van der Waals surface area contributed by atoms with Crippen LogP contribution in [-0.2, 0) is 20.7 Å². The maximum atomic E-state index is 11.8. The van der Waals surface area contributed by atoms with Crippen LogP contribution < -0.4 is 5.73 Å². The number of anilines is 1. The maximum absolute atomic E-state index is 11.8. The molecule has 0 radical (unpaired) electrons. The average molecular weight is 506 g/mol. The first-order chi connectivity index (χ1) is 17.1. The Hall–Kier alpha value is -2.38. The average Bonchev–Trinajstić information content (AvgIpc) is 3.14. The van der Waals surface area contributed by atoms with Crippen molar-refractivity contribution in [3.8, 4) is 0 Å². The lowest BCUT2D eigenvalue weighted by atomic mass is 10.0. The number of ether oxygens (including phenoxy) is 2. The SMILES string of the molecule is CCOCC=NOCCCCN(C)C[C@H]1O[C@@H](n2c(CC)nc3c(N)ncnc32)[C@@]2(O)C(C)(C)[C@@]12O. The molecule has 2 aromatic rings. The third-order valence-corrected chi connectivity index (χ3v) is 7.72. The number of aromatic nitrogens is 4. The summed E-state index contributed by atoms with van der Waals surface area (Å²) in [6.45, 7) is 10.5. The van der Waals surface area contributed by atoms with E-state index >= 15 is 0 Å². The Bertz CT molecular complexity index is 1090. The second kappa shape index (κ2) is 10.2. The zero-order valence-electron chi connectivity index (χ0n) is 21.8.